The zero-order valence-corrected chi connectivity index (χ0v) is 30.0. The topological polar surface area (TPSA) is 69.6 Å². The van der Waals surface area contributed by atoms with E-state index in [2.05, 4.69) is 131 Å². The van der Waals surface area contributed by atoms with Crippen LogP contribution in [0.2, 0.25) is 0 Å². The molecule has 11 rings (SSSR count). The SMILES string of the molecule is c1ccc(-c2ccc(-c3nc(-c4ccccc4)nc(-c4ccncc4-n4c5ccccc5c5cc(-c6cccc7c6oc6ccccc67)ccc54)n3)cc2)cc1. The summed E-state index contributed by atoms with van der Waals surface area (Å²) in [7, 11) is 0. The molecule has 0 atom stereocenters. The van der Waals surface area contributed by atoms with Crippen LogP contribution in [-0.2, 0) is 0 Å². The Bertz CT molecular complexity index is 3240. The van der Waals surface area contributed by atoms with E-state index in [4.69, 9.17) is 19.4 Å². The van der Waals surface area contributed by atoms with Crippen molar-refractivity contribution >= 4 is 43.7 Å². The van der Waals surface area contributed by atoms with Crippen molar-refractivity contribution in [1.82, 2.24) is 24.5 Å². The Kier molecular flexibility index (Phi) is 7.38. The number of furan rings is 1. The second-order valence-corrected chi connectivity index (χ2v) is 13.9. The van der Waals surface area contributed by atoms with E-state index in [0.717, 1.165) is 88.4 Å². The molecular weight excluding hydrogens is 687 g/mol. The van der Waals surface area contributed by atoms with E-state index in [0.29, 0.717) is 17.5 Å². The van der Waals surface area contributed by atoms with Gasteiger partial charge in [-0.1, -0.05) is 146 Å². The van der Waals surface area contributed by atoms with Gasteiger partial charge in [0.25, 0.3) is 0 Å². The van der Waals surface area contributed by atoms with Gasteiger partial charge in [-0.3, -0.25) is 4.98 Å². The van der Waals surface area contributed by atoms with Gasteiger partial charge in [-0.15, -0.1) is 0 Å². The van der Waals surface area contributed by atoms with Crippen molar-refractivity contribution in [3.63, 3.8) is 0 Å². The molecule has 0 saturated carbocycles. The standard InChI is InChI=1S/C50H31N5O/c1-3-12-32(13-4-1)33-22-24-35(25-23-33)49-52-48(34-14-5-2-6-15-34)53-50(54-49)41-28-29-51-31-45(41)55-43-20-9-7-16-38(43)42-30-36(26-27-44(42)55)37-18-11-19-40-39-17-8-10-21-46(39)56-47(37)40/h1-31H. The van der Waals surface area contributed by atoms with Crippen LogP contribution in [0.1, 0.15) is 0 Å². The first-order valence-electron chi connectivity index (χ1n) is 18.6. The lowest BCUT2D eigenvalue weighted by Gasteiger charge is -2.14. The van der Waals surface area contributed by atoms with Gasteiger partial charge >= 0.3 is 0 Å². The van der Waals surface area contributed by atoms with Gasteiger partial charge in [-0.2, -0.15) is 0 Å². The van der Waals surface area contributed by atoms with Crippen molar-refractivity contribution < 1.29 is 4.42 Å². The van der Waals surface area contributed by atoms with Crippen LogP contribution in [0.3, 0.4) is 0 Å². The van der Waals surface area contributed by atoms with E-state index in [9.17, 15) is 0 Å². The molecule has 0 N–H and O–H groups in total. The maximum absolute atomic E-state index is 6.45. The van der Waals surface area contributed by atoms with Gasteiger partial charge in [0.1, 0.15) is 11.2 Å². The van der Waals surface area contributed by atoms with Crippen molar-refractivity contribution in [2.24, 2.45) is 0 Å². The summed E-state index contributed by atoms with van der Waals surface area (Å²) in [6.07, 6.45) is 3.71. The van der Waals surface area contributed by atoms with E-state index in [1.54, 1.807) is 6.20 Å². The molecule has 4 aromatic heterocycles. The first-order valence-corrected chi connectivity index (χ1v) is 18.6. The molecule has 0 aliphatic carbocycles. The van der Waals surface area contributed by atoms with Gasteiger partial charge in [0.2, 0.25) is 0 Å². The maximum atomic E-state index is 6.45. The highest BCUT2D eigenvalue weighted by atomic mass is 16.3. The third-order valence-electron chi connectivity index (χ3n) is 10.6. The fraction of sp³-hybridized carbons (Fsp3) is 0. The number of nitrogens with zero attached hydrogens (tertiary/aromatic N) is 5. The quantitative estimate of drug-likeness (QED) is 0.171. The van der Waals surface area contributed by atoms with Crippen molar-refractivity contribution in [2.75, 3.05) is 0 Å². The number of rotatable bonds is 6. The average Bonchev–Trinajstić information content (AvgIpc) is 3.82. The van der Waals surface area contributed by atoms with Crippen molar-refractivity contribution in [1.29, 1.82) is 0 Å². The Morgan fingerprint density at radius 2 is 0.982 bits per heavy atom. The lowest BCUT2D eigenvalue weighted by atomic mass is 10.0. The van der Waals surface area contributed by atoms with E-state index in [1.165, 1.54) is 0 Å². The highest BCUT2D eigenvalue weighted by Gasteiger charge is 2.21. The molecule has 0 amide bonds. The second-order valence-electron chi connectivity index (χ2n) is 13.9. The van der Waals surface area contributed by atoms with Crippen LogP contribution in [0, 0.1) is 0 Å². The zero-order valence-electron chi connectivity index (χ0n) is 30.0. The summed E-state index contributed by atoms with van der Waals surface area (Å²) in [5.41, 5.74) is 11.9. The fourth-order valence-corrected chi connectivity index (χ4v) is 7.91. The minimum atomic E-state index is 0.567. The number of hydrogen-bond donors (Lipinski definition) is 0. The normalized spacial score (nSPS) is 11.6. The zero-order chi connectivity index (χ0) is 37.0. The van der Waals surface area contributed by atoms with E-state index >= 15 is 0 Å². The molecule has 4 heterocycles. The Balaban J connectivity index is 1.09. The summed E-state index contributed by atoms with van der Waals surface area (Å²) in [5, 5.41) is 4.49. The second kappa shape index (κ2) is 13.0. The molecule has 0 aliphatic rings. The van der Waals surface area contributed by atoms with Crippen LogP contribution >= 0.6 is 0 Å². The van der Waals surface area contributed by atoms with E-state index in [1.807, 2.05) is 60.8 Å². The summed E-state index contributed by atoms with van der Waals surface area (Å²) in [6, 6.07) is 60.6. The first-order chi connectivity index (χ1) is 27.8. The van der Waals surface area contributed by atoms with E-state index < -0.39 is 0 Å². The number of hydrogen-bond acceptors (Lipinski definition) is 5. The number of pyridine rings is 1. The molecule has 6 nitrogen and oxygen atoms in total. The predicted molar refractivity (Wildman–Crippen MR) is 226 cm³/mol. The molecule has 7 aromatic carbocycles. The number of fused-ring (bicyclic) bond motifs is 6. The molecule has 0 unspecified atom stereocenters. The van der Waals surface area contributed by atoms with Gasteiger partial charge < -0.3 is 8.98 Å². The monoisotopic (exact) mass is 717 g/mol. The minimum absolute atomic E-state index is 0.567. The van der Waals surface area contributed by atoms with Crippen LogP contribution in [-0.4, -0.2) is 24.5 Å². The molecule has 11 aromatic rings. The molecule has 6 heteroatoms. The molecule has 0 aliphatic heterocycles. The van der Waals surface area contributed by atoms with Crippen LogP contribution in [0.5, 0.6) is 0 Å². The molecule has 0 fully saturated rings. The van der Waals surface area contributed by atoms with Gasteiger partial charge in [-0.05, 0) is 47.0 Å². The molecule has 0 radical (unpaired) electrons. The Morgan fingerprint density at radius 1 is 0.393 bits per heavy atom. The van der Waals surface area contributed by atoms with Crippen LogP contribution in [0.25, 0.3) is 106 Å². The van der Waals surface area contributed by atoms with Gasteiger partial charge in [0, 0.05) is 50.0 Å². The molecule has 262 valence electrons. The number of aromatic nitrogens is 5. The van der Waals surface area contributed by atoms with Crippen molar-refractivity contribution in [3.8, 4) is 62.1 Å². The average molecular weight is 718 g/mol. The molecule has 56 heavy (non-hydrogen) atoms. The smallest absolute Gasteiger partial charge is 0.166 e. The lowest BCUT2D eigenvalue weighted by Crippen LogP contribution is -2.04. The minimum Gasteiger partial charge on any atom is -0.455 e. The summed E-state index contributed by atoms with van der Waals surface area (Å²) < 4.78 is 8.73. The van der Waals surface area contributed by atoms with Crippen LogP contribution < -0.4 is 0 Å². The molecule has 0 bridgehead atoms. The lowest BCUT2D eigenvalue weighted by molar-refractivity contribution is 0.670. The third kappa shape index (κ3) is 5.27. The van der Waals surface area contributed by atoms with E-state index in [-0.39, 0.29) is 0 Å². The highest BCUT2D eigenvalue weighted by Crippen LogP contribution is 2.40. The summed E-state index contributed by atoms with van der Waals surface area (Å²) in [6.45, 7) is 0. The highest BCUT2D eigenvalue weighted by molar-refractivity contribution is 6.13. The summed E-state index contributed by atoms with van der Waals surface area (Å²) in [4.78, 5) is 20.0. The first kappa shape index (κ1) is 31.8. The largest absolute Gasteiger partial charge is 0.455 e. The Morgan fingerprint density at radius 3 is 1.79 bits per heavy atom. The number of benzene rings is 7. The maximum Gasteiger partial charge on any atom is 0.166 e. The number of para-hydroxylation sites is 3. The summed E-state index contributed by atoms with van der Waals surface area (Å²) in [5.74, 6) is 1.77. The Labute approximate surface area is 322 Å². The molecular formula is C50H31N5O. The third-order valence-corrected chi connectivity index (χ3v) is 10.6. The molecule has 0 saturated heterocycles. The Hall–Kier alpha value is -7.70. The van der Waals surface area contributed by atoms with Gasteiger partial charge in [-0.25, -0.2) is 15.0 Å². The van der Waals surface area contributed by atoms with Gasteiger partial charge in [0.15, 0.2) is 17.5 Å². The predicted octanol–water partition coefficient (Wildman–Crippen LogP) is 12.6. The van der Waals surface area contributed by atoms with Gasteiger partial charge in [0.05, 0.1) is 22.9 Å². The fourth-order valence-electron chi connectivity index (χ4n) is 7.91. The molecule has 0 spiro atoms. The summed E-state index contributed by atoms with van der Waals surface area (Å²) >= 11 is 0. The van der Waals surface area contributed by atoms with Crippen molar-refractivity contribution in [3.05, 3.63) is 188 Å². The van der Waals surface area contributed by atoms with Crippen LogP contribution in [0.15, 0.2) is 193 Å². The van der Waals surface area contributed by atoms with Crippen molar-refractivity contribution in [2.45, 2.75) is 0 Å². The van der Waals surface area contributed by atoms with Crippen LogP contribution in [0.4, 0.5) is 0 Å².